The number of rotatable bonds is 6. The molecule has 2 unspecified atom stereocenters. The second-order valence-corrected chi connectivity index (χ2v) is 12.1. The van der Waals surface area contributed by atoms with Gasteiger partial charge in [0.15, 0.2) is 0 Å². The van der Waals surface area contributed by atoms with Crippen LogP contribution >= 0.6 is 8.58 Å². The Hall–Kier alpha value is -2.44. The summed E-state index contributed by atoms with van der Waals surface area (Å²) in [4.78, 5) is 4.71. The molecule has 0 aromatic heterocycles. The third-order valence-electron chi connectivity index (χ3n) is 6.56. The van der Waals surface area contributed by atoms with Crippen molar-refractivity contribution >= 4 is 19.6 Å². The highest BCUT2D eigenvalue weighted by Gasteiger charge is 2.33. The molecule has 0 spiro atoms. The summed E-state index contributed by atoms with van der Waals surface area (Å²) in [6.07, 6.45) is 0.934. The van der Waals surface area contributed by atoms with Gasteiger partial charge in [-0.15, -0.1) is 0 Å². The molecule has 0 saturated heterocycles. The molecule has 0 radical (unpaired) electrons. The van der Waals surface area contributed by atoms with Crippen LogP contribution in [-0.4, -0.2) is 17.9 Å². The van der Waals surface area contributed by atoms with E-state index in [1.54, 1.807) is 0 Å². The van der Waals surface area contributed by atoms with E-state index >= 15 is 0 Å². The fraction of sp³-hybridized carbons (Fsp3) is 0.367. The number of benzene rings is 3. The van der Waals surface area contributed by atoms with E-state index in [0.717, 1.165) is 28.8 Å². The van der Waals surface area contributed by atoms with Crippen molar-refractivity contribution in [2.45, 2.75) is 65.5 Å². The van der Waals surface area contributed by atoms with Gasteiger partial charge in [0.25, 0.3) is 0 Å². The lowest BCUT2D eigenvalue weighted by atomic mass is 9.82. The summed E-state index contributed by atoms with van der Waals surface area (Å²) < 4.78 is 0. The van der Waals surface area contributed by atoms with Crippen LogP contribution in [0.15, 0.2) is 65.7 Å². The Morgan fingerprint density at radius 3 is 2.12 bits per heavy atom. The predicted molar refractivity (Wildman–Crippen MR) is 146 cm³/mol. The highest BCUT2D eigenvalue weighted by molar-refractivity contribution is 7.49. The summed E-state index contributed by atoms with van der Waals surface area (Å²) in [6.45, 7) is 15.4. The second-order valence-electron chi connectivity index (χ2n) is 10.2. The number of aliphatic imine (C=N–C) groups is 1. The Balaban J connectivity index is 2.18. The molecule has 3 heteroatoms. The first-order valence-corrected chi connectivity index (χ1v) is 12.8. The number of phenolic OH excluding ortho intramolecular Hbond substituents is 1. The van der Waals surface area contributed by atoms with Crippen LogP contribution in [0.1, 0.15) is 74.4 Å². The predicted octanol–water partition coefficient (Wildman–Crippen LogP) is 7.40. The van der Waals surface area contributed by atoms with E-state index in [1.807, 2.05) is 13.1 Å². The second kappa shape index (κ2) is 9.82. The lowest BCUT2D eigenvalue weighted by Gasteiger charge is -2.34. The molecule has 0 saturated carbocycles. The Kier molecular flexibility index (Phi) is 7.49. The van der Waals surface area contributed by atoms with Crippen LogP contribution in [-0.2, 0) is 10.6 Å². The maximum atomic E-state index is 11.4. The van der Waals surface area contributed by atoms with Gasteiger partial charge in [0.05, 0.1) is 5.71 Å². The minimum Gasteiger partial charge on any atom is -0.507 e. The molecular formula is C30H38NOP. The number of hydrogen-bond donors (Lipinski definition) is 1. The van der Waals surface area contributed by atoms with E-state index < -0.39 is 0 Å². The highest BCUT2D eigenvalue weighted by Crippen LogP contribution is 2.50. The Bertz CT molecular complexity index is 1160. The van der Waals surface area contributed by atoms with Gasteiger partial charge in [-0.2, -0.15) is 0 Å². The number of aryl methyl sites for hydroxylation is 2. The Morgan fingerprint density at radius 2 is 1.55 bits per heavy atom. The van der Waals surface area contributed by atoms with Crippen molar-refractivity contribution < 1.29 is 5.11 Å². The molecule has 0 heterocycles. The largest absolute Gasteiger partial charge is 0.507 e. The number of hydrogen-bond acceptors (Lipinski definition) is 2. The molecule has 3 rings (SSSR count). The topological polar surface area (TPSA) is 32.6 Å². The molecule has 0 aliphatic heterocycles. The van der Waals surface area contributed by atoms with Gasteiger partial charge in [-0.25, -0.2) is 0 Å². The van der Waals surface area contributed by atoms with Crippen LogP contribution in [0.2, 0.25) is 0 Å². The molecule has 174 valence electrons. The maximum Gasteiger partial charge on any atom is 0.123 e. The average Bonchev–Trinajstić information content (AvgIpc) is 2.77. The van der Waals surface area contributed by atoms with Gasteiger partial charge in [-0.1, -0.05) is 109 Å². The van der Waals surface area contributed by atoms with E-state index in [2.05, 4.69) is 103 Å². The lowest BCUT2D eigenvalue weighted by Crippen LogP contribution is -2.25. The van der Waals surface area contributed by atoms with Crippen LogP contribution < -0.4 is 5.30 Å². The first-order valence-electron chi connectivity index (χ1n) is 11.8. The molecule has 2 nitrogen and oxygen atoms in total. The van der Waals surface area contributed by atoms with Gasteiger partial charge in [-0.05, 0) is 42.1 Å². The first kappa shape index (κ1) is 25.2. The van der Waals surface area contributed by atoms with Crippen LogP contribution in [0.25, 0.3) is 0 Å². The number of nitrogens with zero attached hydrogens (tertiary/aromatic N) is 1. The van der Waals surface area contributed by atoms with Crippen LogP contribution in [0.3, 0.4) is 0 Å². The fourth-order valence-corrected chi connectivity index (χ4v) is 6.10. The van der Waals surface area contributed by atoms with Gasteiger partial charge in [0.2, 0.25) is 0 Å². The van der Waals surface area contributed by atoms with Gasteiger partial charge >= 0.3 is 0 Å². The average molecular weight is 460 g/mol. The fourth-order valence-electron chi connectivity index (χ4n) is 4.43. The summed E-state index contributed by atoms with van der Waals surface area (Å²) in [5.74, 6) is 0.451. The minimum absolute atomic E-state index is 0.119. The van der Waals surface area contributed by atoms with Crippen molar-refractivity contribution in [3.05, 3.63) is 94.0 Å². The zero-order chi connectivity index (χ0) is 24.4. The summed E-state index contributed by atoms with van der Waals surface area (Å²) in [6, 6.07) is 21.2. The molecule has 3 aromatic rings. The maximum absolute atomic E-state index is 11.4. The number of phenols is 1. The van der Waals surface area contributed by atoms with E-state index in [-0.39, 0.29) is 10.6 Å². The van der Waals surface area contributed by atoms with Crippen molar-refractivity contribution in [3.8, 4) is 5.75 Å². The van der Waals surface area contributed by atoms with Crippen molar-refractivity contribution in [1.82, 2.24) is 0 Å². The summed E-state index contributed by atoms with van der Waals surface area (Å²) in [5, 5.41) is 12.6. The SMILES string of the molecule is CCC(C)(Pc1c(C)cccc1C(=NC)c1ccccc1)c1cc(C)cc(C(C)(C)C)c1O. The highest BCUT2D eigenvalue weighted by atomic mass is 31.1. The summed E-state index contributed by atoms with van der Waals surface area (Å²) in [5.41, 5.74) is 7.75. The van der Waals surface area contributed by atoms with Crippen LogP contribution in [0.4, 0.5) is 0 Å². The molecular weight excluding hydrogens is 421 g/mol. The van der Waals surface area contributed by atoms with E-state index in [1.165, 1.54) is 22.0 Å². The van der Waals surface area contributed by atoms with Crippen molar-refractivity contribution in [1.29, 1.82) is 0 Å². The third-order valence-corrected chi connectivity index (χ3v) is 8.65. The number of aromatic hydroxyl groups is 1. The van der Waals surface area contributed by atoms with Gasteiger partial charge in [-0.3, -0.25) is 4.99 Å². The summed E-state index contributed by atoms with van der Waals surface area (Å²) in [7, 11) is 2.37. The Morgan fingerprint density at radius 1 is 0.909 bits per heavy atom. The first-order chi connectivity index (χ1) is 15.5. The molecule has 1 N–H and O–H groups in total. The molecule has 0 aliphatic rings. The molecule has 33 heavy (non-hydrogen) atoms. The van der Waals surface area contributed by atoms with Crippen LogP contribution in [0.5, 0.6) is 5.75 Å². The van der Waals surface area contributed by atoms with Crippen molar-refractivity contribution in [3.63, 3.8) is 0 Å². The monoisotopic (exact) mass is 459 g/mol. The Labute approximate surface area is 202 Å². The van der Waals surface area contributed by atoms with Crippen molar-refractivity contribution in [2.75, 3.05) is 7.05 Å². The molecule has 2 atom stereocenters. The molecule has 0 bridgehead atoms. The third kappa shape index (κ3) is 5.22. The molecule has 0 aliphatic carbocycles. The van der Waals surface area contributed by atoms with Gasteiger partial charge < -0.3 is 5.11 Å². The molecule has 3 aromatic carbocycles. The smallest absolute Gasteiger partial charge is 0.123 e. The minimum atomic E-state index is -0.188. The van der Waals surface area contributed by atoms with Crippen LogP contribution in [0, 0.1) is 13.8 Å². The van der Waals surface area contributed by atoms with Gasteiger partial charge in [0, 0.05) is 28.9 Å². The normalized spacial score (nSPS) is 14.6. The van der Waals surface area contributed by atoms with Crippen molar-refractivity contribution in [2.24, 2.45) is 4.99 Å². The van der Waals surface area contributed by atoms with E-state index in [0.29, 0.717) is 14.3 Å². The summed E-state index contributed by atoms with van der Waals surface area (Å²) >= 11 is 0. The lowest BCUT2D eigenvalue weighted by molar-refractivity contribution is 0.430. The molecule has 0 fully saturated rings. The zero-order valence-electron chi connectivity index (χ0n) is 21.4. The molecule has 0 amide bonds. The van der Waals surface area contributed by atoms with E-state index in [4.69, 9.17) is 4.99 Å². The quantitative estimate of drug-likeness (QED) is 0.302. The standard InChI is InChI=1S/C30H38NOP/c1-9-30(7,25-19-20(2)18-24(27(25)32)29(4,5)6)33-28-21(3)14-13-17-23(28)26(31-8)22-15-11-10-12-16-22/h10-19,32-33H,9H2,1-8H3. The van der Waals surface area contributed by atoms with Gasteiger partial charge in [0.1, 0.15) is 5.75 Å². The van der Waals surface area contributed by atoms with E-state index in [9.17, 15) is 5.11 Å². The zero-order valence-corrected chi connectivity index (χ0v) is 22.4.